The van der Waals surface area contributed by atoms with Crippen LogP contribution in [0, 0.1) is 0 Å². The minimum atomic E-state index is -0.352. The summed E-state index contributed by atoms with van der Waals surface area (Å²) in [6.45, 7) is 0. The van der Waals surface area contributed by atoms with Crippen molar-refractivity contribution in [3.8, 4) is 0 Å². The van der Waals surface area contributed by atoms with Crippen molar-refractivity contribution in [3.05, 3.63) is 53.0 Å². The van der Waals surface area contributed by atoms with Crippen molar-refractivity contribution in [1.82, 2.24) is 0 Å². The van der Waals surface area contributed by atoms with E-state index in [-0.39, 0.29) is 11.7 Å². The first-order chi connectivity index (χ1) is 10.5. The highest BCUT2D eigenvalue weighted by Gasteiger charge is 2.06. The third kappa shape index (κ3) is 5.32. The number of hydrogen-bond acceptors (Lipinski definition) is 3. The highest BCUT2D eigenvalue weighted by Crippen LogP contribution is 2.27. The smallest absolute Gasteiger partial charge is 0.227 e. The molecule has 0 bridgehead atoms. The Balaban J connectivity index is 2.03. The number of para-hydroxylation sites is 1. The topological polar surface area (TPSA) is 67.2 Å². The molecule has 0 unspecified atom stereocenters. The van der Waals surface area contributed by atoms with Crippen molar-refractivity contribution in [2.24, 2.45) is 5.73 Å². The molecule has 0 saturated carbocycles. The molecule has 2 aromatic rings. The van der Waals surface area contributed by atoms with Crippen molar-refractivity contribution in [1.29, 1.82) is 0 Å². The number of anilines is 2. The molecular weight excluding hydrogens is 382 g/mol. The summed E-state index contributed by atoms with van der Waals surface area (Å²) in [5.41, 5.74) is 6.90. The van der Waals surface area contributed by atoms with Gasteiger partial charge in [-0.25, -0.2) is 0 Å². The SMILES string of the molecule is NC(=O)CSc1ccccc1NC(=S)Nc1cccc(Br)c1. The first-order valence-electron chi connectivity index (χ1n) is 6.38. The van der Waals surface area contributed by atoms with Gasteiger partial charge in [-0.1, -0.05) is 34.1 Å². The Morgan fingerprint density at radius 3 is 2.68 bits per heavy atom. The van der Waals surface area contributed by atoms with Crippen LogP contribution in [-0.4, -0.2) is 16.8 Å². The molecule has 0 aliphatic heterocycles. The molecule has 0 radical (unpaired) electrons. The lowest BCUT2D eigenvalue weighted by atomic mass is 10.3. The van der Waals surface area contributed by atoms with Gasteiger partial charge in [0, 0.05) is 15.1 Å². The van der Waals surface area contributed by atoms with Crippen molar-refractivity contribution >= 4 is 62.3 Å². The van der Waals surface area contributed by atoms with Crippen molar-refractivity contribution in [3.63, 3.8) is 0 Å². The van der Waals surface area contributed by atoms with E-state index in [0.717, 1.165) is 20.7 Å². The number of carbonyl (C=O) groups excluding carboxylic acids is 1. The quantitative estimate of drug-likeness (QED) is 0.530. The number of benzene rings is 2. The van der Waals surface area contributed by atoms with Crippen LogP contribution in [0.5, 0.6) is 0 Å². The van der Waals surface area contributed by atoms with Gasteiger partial charge in [-0.3, -0.25) is 4.79 Å². The van der Waals surface area contributed by atoms with Crippen LogP contribution in [0.2, 0.25) is 0 Å². The minimum absolute atomic E-state index is 0.227. The van der Waals surface area contributed by atoms with Gasteiger partial charge < -0.3 is 16.4 Å². The monoisotopic (exact) mass is 395 g/mol. The van der Waals surface area contributed by atoms with Gasteiger partial charge in [-0.05, 0) is 42.5 Å². The Labute approximate surface area is 147 Å². The average molecular weight is 396 g/mol. The molecule has 2 rings (SSSR count). The number of carbonyl (C=O) groups is 1. The van der Waals surface area contributed by atoms with Gasteiger partial charge in [-0.15, -0.1) is 11.8 Å². The zero-order chi connectivity index (χ0) is 15.9. The summed E-state index contributed by atoms with van der Waals surface area (Å²) in [7, 11) is 0. The summed E-state index contributed by atoms with van der Waals surface area (Å²) in [4.78, 5) is 11.8. The number of thioether (sulfide) groups is 1. The van der Waals surface area contributed by atoms with Crippen LogP contribution >= 0.6 is 39.9 Å². The first-order valence-corrected chi connectivity index (χ1v) is 8.57. The lowest BCUT2D eigenvalue weighted by Crippen LogP contribution is -2.19. The van der Waals surface area contributed by atoms with E-state index in [2.05, 4.69) is 26.6 Å². The molecule has 4 nitrogen and oxygen atoms in total. The highest BCUT2D eigenvalue weighted by atomic mass is 79.9. The summed E-state index contributed by atoms with van der Waals surface area (Å²) in [6.07, 6.45) is 0. The van der Waals surface area contributed by atoms with Gasteiger partial charge >= 0.3 is 0 Å². The zero-order valence-electron chi connectivity index (χ0n) is 11.5. The Morgan fingerprint density at radius 2 is 1.95 bits per heavy atom. The molecule has 4 N–H and O–H groups in total. The number of hydrogen-bond donors (Lipinski definition) is 3. The second kappa shape index (κ2) is 8.17. The fourth-order valence-electron chi connectivity index (χ4n) is 1.70. The van der Waals surface area contributed by atoms with Crippen LogP contribution in [0.4, 0.5) is 11.4 Å². The molecule has 0 heterocycles. The number of primary amides is 1. The highest BCUT2D eigenvalue weighted by molar-refractivity contribution is 9.10. The van der Waals surface area contributed by atoms with Gasteiger partial charge in [0.15, 0.2) is 5.11 Å². The van der Waals surface area contributed by atoms with Gasteiger partial charge in [0.25, 0.3) is 0 Å². The first kappa shape index (κ1) is 16.8. The second-order valence-electron chi connectivity index (χ2n) is 4.34. The fraction of sp³-hybridized carbons (Fsp3) is 0.0667. The molecule has 7 heteroatoms. The molecule has 22 heavy (non-hydrogen) atoms. The Bertz CT molecular complexity index is 694. The molecule has 0 aliphatic carbocycles. The molecular formula is C15H14BrN3OS2. The Hall–Kier alpha value is -1.57. The number of rotatable bonds is 5. The zero-order valence-corrected chi connectivity index (χ0v) is 14.7. The van der Waals surface area contributed by atoms with Crippen LogP contribution in [0.1, 0.15) is 0 Å². The fourth-order valence-corrected chi connectivity index (χ4v) is 3.07. The van der Waals surface area contributed by atoms with Gasteiger partial charge in [0.05, 0.1) is 11.4 Å². The van der Waals surface area contributed by atoms with E-state index in [1.54, 1.807) is 0 Å². The van der Waals surface area contributed by atoms with E-state index in [9.17, 15) is 4.79 Å². The molecule has 2 aromatic carbocycles. The van der Waals surface area contributed by atoms with E-state index < -0.39 is 0 Å². The number of halogens is 1. The molecule has 0 fully saturated rings. The normalized spacial score (nSPS) is 10.0. The van der Waals surface area contributed by atoms with E-state index in [4.69, 9.17) is 18.0 Å². The molecule has 114 valence electrons. The lowest BCUT2D eigenvalue weighted by Gasteiger charge is -2.13. The predicted molar refractivity (Wildman–Crippen MR) is 100 cm³/mol. The molecule has 1 amide bonds. The Morgan fingerprint density at radius 1 is 1.18 bits per heavy atom. The average Bonchev–Trinajstić information content (AvgIpc) is 2.46. The molecule has 0 spiro atoms. The van der Waals surface area contributed by atoms with Crippen LogP contribution < -0.4 is 16.4 Å². The van der Waals surface area contributed by atoms with Crippen LogP contribution in [-0.2, 0) is 4.79 Å². The van der Waals surface area contributed by atoms with E-state index in [0.29, 0.717) is 5.11 Å². The van der Waals surface area contributed by atoms with Crippen LogP contribution in [0.3, 0.4) is 0 Å². The maximum absolute atomic E-state index is 10.9. The van der Waals surface area contributed by atoms with E-state index in [1.807, 2.05) is 48.5 Å². The molecule has 0 aliphatic rings. The van der Waals surface area contributed by atoms with Crippen molar-refractivity contribution in [2.75, 3.05) is 16.4 Å². The third-order valence-corrected chi connectivity index (χ3v) is 4.38. The van der Waals surface area contributed by atoms with Crippen molar-refractivity contribution in [2.45, 2.75) is 4.90 Å². The van der Waals surface area contributed by atoms with E-state index in [1.165, 1.54) is 11.8 Å². The van der Waals surface area contributed by atoms with Crippen molar-refractivity contribution < 1.29 is 4.79 Å². The number of amides is 1. The minimum Gasteiger partial charge on any atom is -0.369 e. The number of nitrogens with two attached hydrogens (primary N) is 1. The summed E-state index contributed by atoms with van der Waals surface area (Å²) < 4.78 is 0.970. The Kier molecular flexibility index (Phi) is 6.23. The second-order valence-corrected chi connectivity index (χ2v) is 6.68. The van der Waals surface area contributed by atoms with E-state index >= 15 is 0 Å². The number of thiocarbonyl (C=S) groups is 1. The molecule has 0 aromatic heterocycles. The predicted octanol–water partition coefficient (Wildman–Crippen LogP) is 3.84. The van der Waals surface area contributed by atoms with Crippen LogP contribution in [0.25, 0.3) is 0 Å². The third-order valence-electron chi connectivity index (χ3n) is 2.59. The standard InChI is InChI=1S/C15H14BrN3OS2/c16-10-4-3-5-11(8-10)18-15(21)19-12-6-1-2-7-13(12)22-9-14(17)20/h1-8H,9H2,(H2,17,20)(H2,18,19,21). The van der Waals surface area contributed by atoms with Gasteiger partial charge in [-0.2, -0.15) is 0 Å². The summed E-state index contributed by atoms with van der Waals surface area (Å²) in [5, 5.41) is 6.72. The maximum atomic E-state index is 10.9. The lowest BCUT2D eigenvalue weighted by molar-refractivity contribution is -0.115. The van der Waals surface area contributed by atoms with Crippen LogP contribution in [0.15, 0.2) is 57.9 Å². The number of nitrogens with one attached hydrogen (secondary N) is 2. The van der Waals surface area contributed by atoms with Gasteiger partial charge in [0.1, 0.15) is 0 Å². The summed E-state index contributed by atoms with van der Waals surface area (Å²) in [6, 6.07) is 15.3. The summed E-state index contributed by atoms with van der Waals surface area (Å²) in [5.74, 6) is -0.125. The summed E-state index contributed by atoms with van der Waals surface area (Å²) >= 11 is 10.1. The van der Waals surface area contributed by atoms with Gasteiger partial charge in [0.2, 0.25) is 5.91 Å². The molecule has 0 saturated heterocycles. The largest absolute Gasteiger partial charge is 0.369 e. The maximum Gasteiger partial charge on any atom is 0.227 e. The molecule has 0 atom stereocenters.